The van der Waals surface area contributed by atoms with Crippen LogP contribution < -0.4 is 5.32 Å². The van der Waals surface area contributed by atoms with E-state index in [4.69, 9.17) is 13.9 Å². The fourth-order valence-corrected chi connectivity index (χ4v) is 4.44. The number of ether oxygens (including phenoxy) is 2. The molecule has 4 rings (SSSR count). The van der Waals surface area contributed by atoms with Crippen LogP contribution in [0.1, 0.15) is 25.0 Å². The van der Waals surface area contributed by atoms with Crippen molar-refractivity contribution < 1.29 is 18.7 Å². The van der Waals surface area contributed by atoms with Crippen molar-refractivity contribution in [3.05, 3.63) is 24.2 Å². The molecular formula is C19H28N2O4. The molecule has 25 heavy (non-hydrogen) atoms. The van der Waals surface area contributed by atoms with E-state index in [-0.39, 0.29) is 5.91 Å². The van der Waals surface area contributed by atoms with Crippen LogP contribution in [-0.2, 0) is 20.8 Å². The molecule has 1 N–H and O–H groups in total. The summed E-state index contributed by atoms with van der Waals surface area (Å²) in [5, 5.41) is 2.95. The highest BCUT2D eigenvalue weighted by Gasteiger charge is 2.44. The van der Waals surface area contributed by atoms with Crippen molar-refractivity contribution in [1.29, 1.82) is 0 Å². The SMILES string of the molecule is O=C(C[C@@H]1CO[C@H]2CN(CC3CCOCC3)C[C@@H]12)NCc1ccco1. The lowest BCUT2D eigenvalue weighted by Gasteiger charge is -2.27. The number of nitrogens with one attached hydrogen (secondary N) is 1. The van der Waals surface area contributed by atoms with Crippen molar-refractivity contribution in [3.8, 4) is 0 Å². The van der Waals surface area contributed by atoms with E-state index in [0.717, 1.165) is 44.5 Å². The van der Waals surface area contributed by atoms with E-state index >= 15 is 0 Å². The first-order chi connectivity index (χ1) is 12.3. The summed E-state index contributed by atoms with van der Waals surface area (Å²) in [7, 11) is 0. The normalized spacial score (nSPS) is 30.5. The Kier molecular flexibility index (Phi) is 5.39. The summed E-state index contributed by atoms with van der Waals surface area (Å²) in [5.74, 6) is 2.46. The van der Waals surface area contributed by atoms with Crippen LogP contribution in [0.2, 0.25) is 0 Å². The van der Waals surface area contributed by atoms with Gasteiger partial charge in [0.1, 0.15) is 5.76 Å². The van der Waals surface area contributed by atoms with Crippen LogP contribution in [0.25, 0.3) is 0 Å². The Morgan fingerprint density at radius 1 is 1.28 bits per heavy atom. The van der Waals surface area contributed by atoms with Gasteiger partial charge in [0.2, 0.25) is 5.91 Å². The average Bonchev–Trinajstić information content (AvgIpc) is 3.33. The van der Waals surface area contributed by atoms with Crippen LogP contribution in [0.5, 0.6) is 0 Å². The number of amides is 1. The van der Waals surface area contributed by atoms with E-state index in [2.05, 4.69) is 10.2 Å². The van der Waals surface area contributed by atoms with Gasteiger partial charge in [-0.25, -0.2) is 0 Å². The maximum Gasteiger partial charge on any atom is 0.220 e. The van der Waals surface area contributed by atoms with Gasteiger partial charge in [-0.05, 0) is 36.8 Å². The van der Waals surface area contributed by atoms with Crippen molar-refractivity contribution >= 4 is 5.91 Å². The van der Waals surface area contributed by atoms with Gasteiger partial charge in [0.15, 0.2) is 0 Å². The number of likely N-dealkylation sites (tertiary alicyclic amines) is 1. The van der Waals surface area contributed by atoms with Crippen LogP contribution >= 0.6 is 0 Å². The molecule has 0 saturated carbocycles. The molecule has 1 aromatic rings. The Hall–Kier alpha value is -1.37. The van der Waals surface area contributed by atoms with E-state index in [0.29, 0.717) is 37.5 Å². The van der Waals surface area contributed by atoms with Gasteiger partial charge in [0.05, 0.1) is 25.5 Å². The molecule has 0 unspecified atom stereocenters. The van der Waals surface area contributed by atoms with Gasteiger partial charge in [-0.15, -0.1) is 0 Å². The summed E-state index contributed by atoms with van der Waals surface area (Å²) in [4.78, 5) is 14.8. The molecule has 0 radical (unpaired) electrons. The molecule has 1 amide bonds. The summed E-state index contributed by atoms with van der Waals surface area (Å²) in [5.41, 5.74) is 0. The number of hydrogen-bond acceptors (Lipinski definition) is 5. The molecule has 3 saturated heterocycles. The van der Waals surface area contributed by atoms with Crippen molar-refractivity contribution in [2.75, 3.05) is 39.5 Å². The van der Waals surface area contributed by atoms with Gasteiger partial charge in [-0.3, -0.25) is 4.79 Å². The topological polar surface area (TPSA) is 63.9 Å². The second kappa shape index (κ2) is 7.89. The summed E-state index contributed by atoms with van der Waals surface area (Å²) in [6.07, 6.45) is 4.83. The van der Waals surface area contributed by atoms with Crippen molar-refractivity contribution in [3.63, 3.8) is 0 Å². The Morgan fingerprint density at radius 2 is 2.16 bits per heavy atom. The van der Waals surface area contributed by atoms with Crippen LogP contribution in [0.15, 0.2) is 22.8 Å². The number of carbonyl (C=O) groups excluding carboxylic acids is 1. The number of hydrogen-bond donors (Lipinski definition) is 1. The van der Waals surface area contributed by atoms with E-state index in [1.165, 1.54) is 12.8 Å². The Balaban J connectivity index is 1.23. The molecule has 138 valence electrons. The molecule has 1 aromatic heterocycles. The number of furan rings is 1. The van der Waals surface area contributed by atoms with Crippen molar-refractivity contribution in [1.82, 2.24) is 10.2 Å². The van der Waals surface area contributed by atoms with Crippen LogP contribution in [0, 0.1) is 17.8 Å². The van der Waals surface area contributed by atoms with E-state index in [1.54, 1.807) is 6.26 Å². The molecule has 4 heterocycles. The fraction of sp³-hybridized carbons (Fsp3) is 0.737. The Labute approximate surface area is 148 Å². The lowest BCUT2D eigenvalue weighted by molar-refractivity contribution is -0.122. The predicted octanol–water partition coefficient (Wildman–Crippen LogP) is 1.66. The Morgan fingerprint density at radius 3 is 2.96 bits per heavy atom. The summed E-state index contributed by atoms with van der Waals surface area (Å²) >= 11 is 0. The third-order valence-corrected chi connectivity index (χ3v) is 5.86. The maximum atomic E-state index is 12.2. The highest BCUT2D eigenvalue weighted by atomic mass is 16.5. The van der Waals surface area contributed by atoms with Gasteiger partial charge in [-0.2, -0.15) is 0 Å². The minimum atomic E-state index is 0.0912. The van der Waals surface area contributed by atoms with Crippen LogP contribution in [-0.4, -0.2) is 56.4 Å². The molecular weight excluding hydrogens is 320 g/mol. The predicted molar refractivity (Wildman–Crippen MR) is 91.9 cm³/mol. The molecule has 0 bridgehead atoms. The summed E-state index contributed by atoms with van der Waals surface area (Å²) in [6.45, 7) is 6.22. The third kappa shape index (κ3) is 4.25. The lowest BCUT2D eigenvalue weighted by Crippen LogP contribution is -2.33. The molecule has 0 aromatic carbocycles. The van der Waals surface area contributed by atoms with Crippen LogP contribution in [0.4, 0.5) is 0 Å². The first-order valence-corrected chi connectivity index (χ1v) is 9.48. The van der Waals surface area contributed by atoms with E-state index < -0.39 is 0 Å². The standard InChI is InChI=1S/C19H28N2O4/c22-19(20-9-16-2-1-5-24-16)8-15-13-25-18-12-21(11-17(15)18)10-14-3-6-23-7-4-14/h1-2,5,14-15,17-18H,3-4,6-13H2,(H,20,22)/t15-,17+,18+/m1/s1. The highest BCUT2D eigenvalue weighted by Crippen LogP contribution is 2.36. The smallest absolute Gasteiger partial charge is 0.220 e. The lowest BCUT2D eigenvalue weighted by atomic mass is 9.90. The highest BCUT2D eigenvalue weighted by molar-refractivity contribution is 5.76. The first kappa shape index (κ1) is 17.1. The Bertz CT molecular complexity index is 556. The first-order valence-electron chi connectivity index (χ1n) is 9.48. The third-order valence-electron chi connectivity index (χ3n) is 5.86. The zero-order chi connectivity index (χ0) is 17.1. The van der Waals surface area contributed by atoms with E-state index in [1.807, 2.05) is 12.1 Å². The van der Waals surface area contributed by atoms with Gasteiger partial charge >= 0.3 is 0 Å². The zero-order valence-corrected chi connectivity index (χ0v) is 14.7. The number of nitrogens with zero attached hydrogens (tertiary/aromatic N) is 1. The monoisotopic (exact) mass is 348 g/mol. The number of rotatable bonds is 6. The fourth-order valence-electron chi connectivity index (χ4n) is 4.44. The molecule has 6 nitrogen and oxygen atoms in total. The molecule has 3 fully saturated rings. The zero-order valence-electron chi connectivity index (χ0n) is 14.7. The summed E-state index contributed by atoms with van der Waals surface area (Å²) in [6, 6.07) is 3.71. The van der Waals surface area contributed by atoms with Gasteiger partial charge in [-0.1, -0.05) is 0 Å². The van der Waals surface area contributed by atoms with Gasteiger partial charge in [0.25, 0.3) is 0 Å². The second-order valence-electron chi connectivity index (χ2n) is 7.63. The number of fused-ring (bicyclic) bond motifs is 1. The van der Waals surface area contributed by atoms with Gasteiger partial charge < -0.3 is 24.1 Å². The molecule has 3 aliphatic heterocycles. The quantitative estimate of drug-likeness (QED) is 0.847. The molecule has 3 atom stereocenters. The number of carbonyl (C=O) groups is 1. The van der Waals surface area contributed by atoms with Crippen LogP contribution in [0.3, 0.4) is 0 Å². The molecule has 0 aliphatic carbocycles. The minimum absolute atomic E-state index is 0.0912. The average molecular weight is 348 g/mol. The molecule has 0 spiro atoms. The second-order valence-corrected chi connectivity index (χ2v) is 7.63. The maximum absolute atomic E-state index is 12.2. The molecule has 6 heteroatoms. The van der Waals surface area contributed by atoms with Gasteiger partial charge in [0, 0.05) is 45.2 Å². The molecule has 3 aliphatic rings. The largest absolute Gasteiger partial charge is 0.467 e. The van der Waals surface area contributed by atoms with Crippen molar-refractivity contribution in [2.24, 2.45) is 17.8 Å². The van der Waals surface area contributed by atoms with Crippen molar-refractivity contribution in [2.45, 2.75) is 31.9 Å². The summed E-state index contributed by atoms with van der Waals surface area (Å²) < 4.78 is 16.7. The minimum Gasteiger partial charge on any atom is -0.467 e. The van der Waals surface area contributed by atoms with E-state index in [9.17, 15) is 4.79 Å².